The maximum atomic E-state index is 12.2. The van der Waals surface area contributed by atoms with Gasteiger partial charge in [0.25, 0.3) is 11.6 Å². The molecule has 28 heavy (non-hydrogen) atoms. The molecular weight excluding hydrogens is 378 g/mol. The predicted octanol–water partition coefficient (Wildman–Crippen LogP) is 3.10. The van der Waals surface area contributed by atoms with Crippen molar-refractivity contribution in [3.63, 3.8) is 0 Å². The number of nitro groups is 1. The van der Waals surface area contributed by atoms with E-state index in [0.29, 0.717) is 23.7 Å². The van der Waals surface area contributed by atoms with Gasteiger partial charge in [0, 0.05) is 29.6 Å². The summed E-state index contributed by atoms with van der Waals surface area (Å²) in [6, 6.07) is 11.6. The molecule has 146 valence electrons. The Hall–Kier alpha value is -3.02. The molecule has 0 saturated heterocycles. The molecule has 0 unspecified atom stereocenters. The van der Waals surface area contributed by atoms with Crippen LogP contribution in [0.1, 0.15) is 17.3 Å². The zero-order chi connectivity index (χ0) is 20.4. The Balaban J connectivity index is 2.11. The number of carbonyl (C=O) groups excluding carboxylic acids is 1. The average Bonchev–Trinajstić information content (AvgIpc) is 2.70. The second-order valence-electron chi connectivity index (χ2n) is 5.62. The van der Waals surface area contributed by atoms with Crippen LogP contribution in [0.4, 0.5) is 5.69 Å². The number of hydrogen-bond donors (Lipinski definition) is 2. The van der Waals surface area contributed by atoms with Crippen molar-refractivity contribution < 1.29 is 14.5 Å². The molecule has 0 atom stereocenters. The van der Waals surface area contributed by atoms with Crippen LogP contribution in [0.5, 0.6) is 5.75 Å². The van der Waals surface area contributed by atoms with Crippen molar-refractivity contribution in [1.82, 2.24) is 10.6 Å². The first-order valence-corrected chi connectivity index (χ1v) is 9.48. The van der Waals surface area contributed by atoms with E-state index in [1.165, 1.54) is 17.8 Å². The lowest BCUT2D eigenvalue weighted by Crippen LogP contribution is -2.31. The Bertz CT molecular complexity index is 863. The minimum atomic E-state index is -0.484. The van der Waals surface area contributed by atoms with Crippen LogP contribution in [0.25, 0.3) is 0 Å². The predicted molar refractivity (Wildman–Crippen MR) is 109 cm³/mol. The Labute approximate surface area is 168 Å². The van der Waals surface area contributed by atoms with Crippen LogP contribution in [0, 0.1) is 22.5 Å². The van der Waals surface area contributed by atoms with Crippen LogP contribution in [0.2, 0.25) is 0 Å². The van der Waals surface area contributed by atoms with Crippen molar-refractivity contribution in [1.29, 1.82) is 0 Å². The summed E-state index contributed by atoms with van der Waals surface area (Å²) in [6.45, 7) is 4.05. The number of benzene rings is 2. The van der Waals surface area contributed by atoms with E-state index >= 15 is 0 Å². The fourth-order valence-corrected chi connectivity index (χ4v) is 3.19. The molecule has 2 aromatic carbocycles. The van der Waals surface area contributed by atoms with Gasteiger partial charge in [-0.2, -0.15) is 0 Å². The molecule has 0 heterocycles. The number of hydrogen-bond acceptors (Lipinski definition) is 6. The lowest BCUT2D eigenvalue weighted by atomic mass is 10.2. The van der Waals surface area contributed by atoms with E-state index < -0.39 is 4.92 Å². The fraction of sp³-hybridized carbons (Fsp3) is 0.250. The van der Waals surface area contributed by atoms with Crippen molar-refractivity contribution >= 4 is 23.4 Å². The summed E-state index contributed by atoms with van der Waals surface area (Å²) in [5.41, 5.74) is 0.141. The SMILES string of the molecule is C#CCOc1ccc(Sc2ccc(C(=O)NCCNCC)cc2[N+](=O)[O-])cc1. The molecule has 2 N–H and O–H groups in total. The van der Waals surface area contributed by atoms with E-state index in [9.17, 15) is 14.9 Å². The fourth-order valence-electron chi connectivity index (χ4n) is 2.29. The second kappa shape index (κ2) is 11.0. The van der Waals surface area contributed by atoms with Crippen molar-refractivity contribution in [2.45, 2.75) is 16.7 Å². The van der Waals surface area contributed by atoms with Crippen LogP contribution in [-0.4, -0.2) is 37.1 Å². The largest absolute Gasteiger partial charge is 0.481 e. The molecule has 1 amide bonds. The highest BCUT2D eigenvalue weighted by molar-refractivity contribution is 7.99. The molecule has 0 spiro atoms. The minimum absolute atomic E-state index is 0.114. The van der Waals surface area contributed by atoms with Gasteiger partial charge in [-0.1, -0.05) is 24.6 Å². The monoisotopic (exact) mass is 399 g/mol. The van der Waals surface area contributed by atoms with Gasteiger partial charge in [-0.25, -0.2) is 0 Å². The van der Waals surface area contributed by atoms with E-state index in [0.717, 1.165) is 11.4 Å². The lowest BCUT2D eigenvalue weighted by molar-refractivity contribution is -0.387. The number of carbonyl (C=O) groups is 1. The number of nitrogens with zero attached hydrogens (tertiary/aromatic N) is 1. The van der Waals surface area contributed by atoms with E-state index in [4.69, 9.17) is 11.2 Å². The minimum Gasteiger partial charge on any atom is -0.481 e. The molecule has 0 aromatic heterocycles. The molecule has 0 radical (unpaired) electrons. The number of nitrogens with one attached hydrogen (secondary N) is 2. The summed E-state index contributed by atoms with van der Waals surface area (Å²) < 4.78 is 5.31. The summed E-state index contributed by atoms with van der Waals surface area (Å²) in [5, 5.41) is 17.3. The zero-order valence-corrected chi connectivity index (χ0v) is 16.3. The van der Waals surface area contributed by atoms with Gasteiger partial charge in [-0.3, -0.25) is 14.9 Å². The van der Waals surface area contributed by atoms with Gasteiger partial charge in [0.15, 0.2) is 0 Å². The third-order valence-electron chi connectivity index (χ3n) is 3.63. The molecule has 0 aliphatic carbocycles. The van der Waals surface area contributed by atoms with Gasteiger partial charge in [-0.15, -0.1) is 6.42 Å². The Morgan fingerprint density at radius 1 is 1.25 bits per heavy atom. The summed E-state index contributed by atoms with van der Waals surface area (Å²) in [5.74, 6) is 2.67. The van der Waals surface area contributed by atoms with E-state index in [1.54, 1.807) is 36.4 Å². The van der Waals surface area contributed by atoms with Crippen LogP contribution in [0.15, 0.2) is 52.3 Å². The Kier molecular flexibility index (Phi) is 8.34. The number of terminal acetylenes is 1. The van der Waals surface area contributed by atoms with E-state index in [-0.39, 0.29) is 23.8 Å². The van der Waals surface area contributed by atoms with Crippen LogP contribution >= 0.6 is 11.8 Å². The number of nitro benzene ring substituents is 1. The van der Waals surface area contributed by atoms with Gasteiger partial charge in [-0.05, 0) is 42.9 Å². The topological polar surface area (TPSA) is 93.5 Å². The van der Waals surface area contributed by atoms with Gasteiger partial charge < -0.3 is 15.4 Å². The third-order valence-corrected chi connectivity index (χ3v) is 4.70. The van der Waals surface area contributed by atoms with E-state index in [2.05, 4.69) is 16.6 Å². The van der Waals surface area contributed by atoms with Crippen LogP contribution in [-0.2, 0) is 0 Å². The normalized spacial score (nSPS) is 10.1. The maximum absolute atomic E-state index is 12.2. The molecule has 7 nitrogen and oxygen atoms in total. The number of likely N-dealkylation sites (N-methyl/N-ethyl adjacent to an activating group) is 1. The highest BCUT2D eigenvalue weighted by Gasteiger charge is 2.18. The zero-order valence-electron chi connectivity index (χ0n) is 15.4. The summed E-state index contributed by atoms with van der Waals surface area (Å²) in [6.07, 6.45) is 5.15. The molecule has 0 bridgehead atoms. The maximum Gasteiger partial charge on any atom is 0.284 e. The molecule has 2 aromatic rings. The molecule has 0 fully saturated rings. The summed E-state index contributed by atoms with van der Waals surface area (Å²) >= 11 is 1.24. The highest BCUT2D eigenvalue weighted by atomic mass is 32.2. The first-order valence-electron chi connectivity index (χ1n) is 8.66. The Morgan fingerprint density at radius 2 is 2.00 bits per heavy atom. The van der Waals surface area contributed by atoms with Gasteiger partial charge in [0.1, 0.15) is 12.4 Å². The summed E-state index contributed by atoms with van der Waals surface area (Å²) in [4.78, 5) is 24.4. The Morgan fingerprint density at radius 3 is 2.64 bits per heavy atom. The first-order chi connectivity index (χ1) is 13.5. The van der Waals surface area contributed by atoms with Crippen LogP contribution in [0.3, 0.4) is 0 Å². The van der Waals surface area contributed by atoms with E-state index in [1.807, 2.05) is 6.92 Å². The molecule has 0 saturated carbocycles. The molecule has 0 aliphatic rings. The third kappa shape index (κ3) is 6.30. The smallest absolute Gasteiger partial charge is 0.284 e. The standard InChI is InChI=1S/C20H21N3O4S/c1-3-13-27-16-6-8-17(9-7-16)28-19-10-5-15(14-18(19)23(25)26)20(24)22-12-11-21-4-2/h1,5-10,14,21H,4,11-13H2,2H3,(H,22,24). The first kappa shape index (κ1) is 21.3. The highest BCUT2D eigenvalue weighted by Crippen LogP contribution is 2.36. The van der Waals surface area contributed by atoms with Crippen LogP contribution < -0.4 is 15.4 Å². The molecule has 8 heteroatoms. The second-order valence-corrected chi connectivity index (χ2v) is 6.73. The average molecular weight is 399 g/mol. The number of amides is 1. The molecule has 2 rings (SSSR count). The van der Waals surface area contributed by atoms with Crippen molar-refractivity contribution in [2.75, 3.05) is 26.2 Å². The molecule has 0 aliphatic heterocycles. The van der Waals surface area contributed by atoms with Gasteiger partial charge in [0.05, 0.1) is 9.82 Å². The molecular formula is C20H21N3O4S. The lowest BCUT2D eigenvalue weighted by Gasteiger charge is -2.08. The number of rotatable bonds is 10. The summed E-state index contributed by atoms with van der Waals surface area (Å²) in [7, 11) is 0. The van der Waals surface area contributed by atoms with Gasteiger partial charge in [0.2, 0.25) is 0 Å². The number of ether oxygens (including phenoxy) is 1. The van der Waals surface area contributed by atoms with Gasteiger partial charge >= 0.3 is 0 Å². The van der Waals surface area contributed by atoms with Crippen molar-refractivity contribution in [3.8, 4) is 18.1 Å². The quantitative estimate of drug-likeness (QED) is 0.276. The van der Waals surface area contributed by atoms with Crippen molar-refractivity contribution in [3.05, 3.63) is 58.1 Å². The van der Waals surface area contributed by atoms with Crippen molar-refractivity contribution in [2.24, 2.45) is 0 Å².